The van der Waals surface area contributed by atoms with Crippen molar-refractivity contribution in [2.75, 3.05) is 30.4 Å². The molecule has 0 spiro atoms. The Labute approximate surface area is 250 Å². The fourth-order valence-electron chi connectivity index (χ4n) is 4.24. The fourth-order valence-corrected chi connectivity index (χ4v) is 5.80. The predicted octanol–water partition coefficient (Wildman–Crippen LogP) is 5.68. The minimum atomic E-state index is -4.27. The molecule has 0 bridgehead atoms. The first kappa shape index (κ1) is 30.4. The van der Waals surface area contributed by atoms with Gasteiger partial charge in [-0.25, -0.2) is 8.42 Å². The van der Waals surface area contributed by atoms with Crippen LogP contribution >= 0.6 is 11.6 Å². The zero-order valence-corrected chi connectivity index (χ0v) is 24.8. The summed E-state index contributed by atoms with van der Waals surface area (Å²) in [4.78, 5) is 26.4. The van der Waals surface area contributed by atoms with E-state index in [1.165, 1.54) is 56.7 Å². The number of ether oxygens (including phenoxy) is 2. The van der Waals surface area contributed by atoms with Gasteiger partial charge >= 0.3 is 0 Å². The summed E-state index contributed by atoms with van der Waals surface area (Å²) >= 11 is 6.04. The molecule has 42 heavy (non-hydrogen) atoms. The lowest BCUT2D eigenvalue weighted by molar-refractivity contribution is -0.114. The lowest BCUT2D eigenvalue weighted by atomic mass is 10.1. The summed E-state index contributed by atoms with van der Waals surface area (Å²) in [5, 5.41) is 6.04. The van der Waals surface area contributed by atoms with Crippen LogP contribution in [0.3, 0.4) is 0 Å². The van der Waals surface area contributed by atoms with Gasteiger partial charge in [0.25, 0.3) is 15.9 Å². The number of hydrogen-bond donors (Lipinski definition) is 2. The van der Waals surface area contributed by atoms with Crippen molar-refractivity contribution in [1.29, 1.82) is 0 Å². The van der Waals surface area contributed by atoms with Crippen LogP contribution in [0.25, 0.3) is 0 Å². The van der Waals surface area contributed by atoms with Crippen LogP contribution in [0.15, 0.2) is 102 Å². The van der Waals surface area contributed by atoms with Crippen molar-refractivity contribution in [1.82, 2.24) is 5.32 Å². The third-order valence-corrected chi connectivity index (χ3v) is 8.46. The number of methoxy groups -OCH3 is 2. The van der Waals surface area contributed by atoms with E-state index in [9.17, 15) is 18.0 Å². The number of rotatable bonds is 11. The lowest BCUT2D eigenvalue weighted by Crippen LogP contribution is -2.38. The number of sulfonamides is 1. The van der Waals surface area contributed by atoms with Gasteiger partial charge in [-0.1, -0.05) is 54.1 Å². The van der Waals surface area contributed by atoms with Crippen molar-refractivity contribution >= 4 is 44.8 Å². The standard InChI is InChI=1S/C31H30ClN3O6S/c1-21(22-9-5-4-6-10-22)33-31(37)26-11-7-8-12-27(26)34-30(36)20-35(24-15-13-23(32)14-16-24)42(38,39)25-17-18-28(40-2)29(19-25)41-3/h4-19,21H,20H2,1-3H3,(H,33,37)(H,34,36)/t21-/m1/s1. The molecule has 2 amide bonds. The quantitative estimate of drug-likeness (QED) is 0.227. The Morgan fingerprint density at radius 3 is 2.17 bits per heavy atom. The monoisotopic (exact) mass is 607 g/mol. The smallest absolute Gasteiger partial charge is 0.264 e. The number of benzene rings is 4. The van der Waals surface area contributed by atoms with Crippen molar-refractivity contribution in [3.05, 3.63) is 113 Å². The number of halogens is 1. The Hall–Kier alpha value is -4.54. The summed E-state index contributed by atoms with van der Waals surface area (Å²) in [5.41, 5.74) is 1.60. The van der Waals surface area contributed by atoms with Gasteiger partial charge in [0.2, 0.25) is 5.91 Å². The maximum absolute atomic E-state index is 13.9. The van der Waals surface area contributed by atoms with Gasteiger partial charge in [0.1, 0.15) is 6.54 Å². The summed E-state index contributed by atoms with van der Waals surface area (Å²) in [7, 11) is -1.43. The molecule has 218 valence electrons. The summed E-state index contributed by atoms with van der Waals surface area (Å²) < 4.78 is 39.2. The van der Waals surface area contributed by atoms with Gasteiger partial charge in [0, 0.05) is 11.1 Å². The molecule has 0 saturated heterocycles. The van der Waals surface area contributed by atoms with Crippen LogP contribution in [0.1, 0.15) is 28.9 Å². The maximum Gasteiger partial charge on any atom is 0.264 e. The number of nitrogens with one attached hydrogen (secondary N) is 2. The summed E-state index contributed by atoms with van der Waals surface area (Å²) in [6, 6.07) is 25.9. The summed E-state index contributed by atoms with van der Waals surface area (Å²) in [5.74, 6) is -0.493. The van der Waals surface area contributed by atoms with E-state index in [1.54, 1.807) is 24.3 Å². The van der Waals surface area contributed by atoms with E-state index >= 15 is 0 Å². The fraction of sp³-hybridized carbons (Fsp3) is 0.161. The number of hydrogen-bond acceptors (Lipinski definition) is 6. The zero-order valence-electron chi connectivity index (χ0n) is 23.2. The molecule has 0 aliphatic heterocycles. The molecule has 0 radical (unpaired) electrons. The zero-order chi connectivity index (χ0) is 30.3. The lowest BCUT2D eigenvalue weighted by Gasteiger charge is -2.25. The van der Waals surface area contributed by atoms with Gasteiger partial charge in [0.15, 0.2) is 11.5 Å². The molecular formula is C31H30ClN3O6S. The summed E-state index contributed by atoms with van der Waals surface area (Å²) in [6.45, 7) is 1.27. The van der Waals surface area contributed by atoms with Crippen molar-refractivity contribution in [2.24, 2.45) is 0 Å². The van der Waals surface area contributed by atoms with Gasteiger partial charge in [-0.15, -0.1) is 0 Å². The number of anilines is 2. The molecule has 0 unspecified atom stereocenters. The second kappa shape index (κ2) is 13.4. The topological polar surface area (TPSA) is 114 Å². The first-order valence-corrected chi connectivity index (χ1v) is 14.7. The highest BCUT2D eigenvalue weighted by molar-refractivity contribution is 7.92. The van der Waals surface area contributed by atoms with Crippen LogP contribution in [0, 0.1) is 0 Å². The molecule has 0 saturated carbocycles. The highest BCUT2D eigenvalue weighted by Crippen LogP contribution is 2.32. The molecular weight excluding hydrogens is 578 g/mol. The van der Waals surface area contributed by atoms with E-state index in [4.69, 9.17) is 21.1 Å². The molecule has 1 atom stereocenters. The van der Waals surface area contributed by atoms with Crippen molar-refractivity contribution in [2.45, 2.75) is 17.9 Å². The van der Waals surface area contributed by atoms with Crippen LogP contribution < -0.4 is 24.4 Å². The number of carbonyl (C=O) groups excluding carboxylic acids is 2. The average molecular weight is 608 g/mol. The second-order valence-corrected chi connectivity index (χ2v) is 11.5. The highest BCUT2D eigenvalue weighted by atomic mass is 35.5. The van der Waals surface area contributed by atoms with E-state index < -0.39 is 28.4 Å². The van der Waals surface area contributed by atoms with E-state index in [-0.39, 0.29) is 33.6 Å². The van der Waals surface area contributed by atoms with Gasteiger partial charge in [-0.05, 0) is 61.0 Å². The first-order valence-electron chi connectivity index (χ1n) is 12.9. The number of para-hydroxylation sites is 1. The Kier molecular flexibility index (Phi) is 9.72. The normalized spacial score (nSPS) is 11.7. The van der Waals surface area contributed by atoms with Crippen LogP contribution in [0.2, 0.25) is 5.02 Å². The Morgan fingerprint density at radius 1 is 0.857 bits per heavy atom. The van der Waals surface area contributed by atoms with E-state index in [2.05, 4.69) is 10.6 Å². The molecule has 0 aliphatic carbocycles. The SMILES string of the molecule is COc1ccc(S(=O)(=O)N(CC(=O)Nc2ccccc2C(=O)N[C@H](C)c2ccccc2)c2ccc(Cl)cc2)cc1OC. The Balaban J connectivity index is 1.61. The molecule has 2 N–H and O–H groups in total. The molecule has 0 aromatic heterocycles. The largest absolute Gasteiger partial charge is 0.493 e. The van der Waals surface area contributed by atoms with Crippen LogP contribution in [-0.2, 0) is 14.8 Å². The van der Waals surface area contributed by atoms with Crippen LogP contribution in [0.5, 0.6) is 11.5 Å². The molecule has 4 aromatic carbocycles. The third kappa shape index (κ3) is 7.02. The molecule has 9 nitrogen and oxygen atoms in total. The van der Waals surface area contributed by atoms with Crippen molar-refractivity contribution in [3.63, 3.8) is 0 Å². The average Bonchev–Trinajstić information content (AvgIpc) is 3.00. The molecule has 4 rings (SSSR count). The van der Waals surface area contributed by atoms with Crippen LogP contribution in [-0.4, -0.2) is 41.0 Å². The van der Waals surface area contributed by atoms with Crippen molar-refractivity contribution in [3.8, 4) is 11.5 Å². The molecule has 0 aliphatic rings. The van der Waals surface area contributed by atoms with E-state index in [0.717, 1.165) is 9.87 Å². The minimum absolute atomic E-state index is 0.113. The maximum atomic E-state index is 13.9. The highest BCUT2D eigenvalue weighted by Gasteiger charge is 2.29. The van der Waals surface area contributed by atoms with Gasteiger partial charge in [-0.3, -0.25) is 13.9 Å². The number of amides is 2. The minimum Gasteiger partial charge on any atom is -0.493 e. The first-order chi connectivity index (χ1) is 20.1. The Bertz CT molecular complexity index is 1660. The molecule has 0 heterocycles. The molecule has 11 heteroatoms. The predicted molar refractivity (Wildman–Crippen MR) is 163 cm³/mol. The Morgan fingerprint density at radius 2 is 1.50 bits per heavy atom. The summed E-state index contributed by atoms with van der Waals surface area (Å²) in [6.07, 6.45) is 0. The number of nitrogens with zero attached hydrogens (tertiary/aromatic N) is 1. The molecule has 0 fully saturated rings. The van der Waals surface area contributed by atoms with Gasteiger partial charge < -0.3 is 20.1 Å². The third-order valence-electron chi connectivity index (χ3n) is 6.44. The van der Waals surface area contributed by atoms with Crippen LogP contribution in [0.4, 0.5) is 11.4 Å². The van der Waals surface area contributed by atoms with Crippen molar-refractivity contribution < 1.29 is 27.5 Å². The van der Waals surface area contributed by atoms with E-state index in [1.807, 2.05) is 37.3 Å². The van der Waals surface area contributed by atoms with Gasteiger partial charge in [-0.2, -0.15) is 0 Å². The number of carbonyl (C=O) groups is 2. The molecule has 4 aromatic rings. The van der Waals surface area contributed by atoms with E-state index in [0.29, 0.717) is 10.8 Å². The van der Waals surface area contributed by atoms with Gasteiger partial charge in [0.05, 0.1) is 42.1 Å². The second-order valence-electron chi connectivity index (χ2n) is 9.20.